The Morgan fingerprint density at radius 2 is 1.85 bits per heavy atom. The number of hydrogen-bond acceptors (Lipinski definition) is 7. The van der Waals surface area contributed by atoms with Gasteiger partial charge in [-0.2, -0.15) is 10.1 Å². The van der Waals surface area contributed by atoms with Crippen molar-refractivity contribution in [2.45, 2.75) is 12.5 Å². The van der Waals surface area contributed by atoms with Gasteiger partial charge in [-0.25, -0.2) is 5.10 Å². The molecular weight excluding hydrogens is 416 g/mol. The van der Waals surface area contributed by atoms with Crippen LogP contribution in [0.5, 0.6) is 0 Å². The molecule has 2 aliphatic heterocycles. The standard InChI is InChI=1S/C23H24N10/c24-17(12-15-4-2-1-3-5-15)13-33-20(25)18-8-11-32(23-28-14-29-31-23)21(26)19(18)30-22(33)16-6-9-27-10-7-16/h1-11,14,17,25-27,30H,12-13,24H2,(H,28,29,31)/t17-/m1/s1. The van der Waals surface area contributed by atoms with Gasteiger partial charge in [0.1, 0.15) is 18.0 Å². The van der Waals surface area contributed by atoms with Gasteiger partial charge in [0.2, 0.25) is 5.95 Å². The van der Waals surface area contributed by atoms with Crippen LogP contribution in [0.15, 0.2) is 84.9 Å². The summed E-state index contributed by atoms with van der Waals surface area (Å²) in [4.78, 5) is 6.02. The lowest BCUT2D eigenvalue weighted by molar-refractivity contribution is 0.447. The summed E-state index contributed by atoms with van der Waals surface area (Å²) < 4.78 is 1.58. The fourth-order valence-corrected chi connectivity index (χ4v) is 3.98. The number of fused-ring (bicyclic) bond motifs is 1. The number of pyridine rings is 1. The molecule has 0 unspecified atom stereocenters. The molecule has 1 atom stereocenters. The van der Waals surface area contributed by atoms with E-state index < -0.39 is 0 Å². The van der Waals surface area contributed by atoms with E-state index in [2.05, 4.69) is 37.9 Å². The summed E-state index contributed by atoms with van der Waals surface area (Å²) in [5.74, 6) is 1.42. The topological polar surface area (TPSA) is 148 Å². The Kier molecular flexibility index (Phi) is 5.33. The number of dihydropyridines is 1. The van der Waals surface area contributed by atoms with Gasteiger partial charge in [0.25, 0.3) is 0 Å². The van der Waals surface area contributed by atoms with Gasteiger partial charge in [0.15, 0.2) is 5.49 Å². The maximum Gasteiger partial charge on any atom is 0.231 e. The zero-order chi connectivity index (χ0) is 22.8. The van der Waals surface area contributed by atoms with Crippen molar-refractivity contribution in [3.8, 4) is 5.95 Å². The molecule has 10 nitrogen and oxygen atoms in total. The molecule has 0 spiro atoms. The van der Waals surface area contributed by atoms with Gasteiger partial charge in [0, 0.05) is 42.3 Å². The van der Waals surface area contributed by atoms with E-state index in [1.807, 2.05) is 47.7 Å². The van der Waals surface area contributed by atoms with E-state index >= 15 is 0 Å². The molecule has 7 N–H and O–H groups in total. The number of hydrogen-bond donors (Lipinski definition) is 6. The van der Waals surface area contributed by atoms with E-state index in [-0.39, 0.29) is 17.4 Å². The zero-order valence-corrected chi connectivity index (χ0v) is 17.8. The molecule has 10 heteroatoms. The highest BCUT2D eigenvalue weighted by atomic mass is 15.3. The van der Waals surface area contributed by atoms with E-state index in [1.54, 1.807) is 16.8 Å². The second-order valence-electron chi connectivity index (χ2n) is 7.80. The highest BCUT2D eigenvalue weighted by Gasteiger charge is 2.30. The van der Waals surface area contributed by atoms with Crippen molar-refractivity contribution >= 4 is 11.5 Å². The van der Waals surface area contributed by atoms with Crippen LogP contribution in [0.4, 0.5) is 5.69 Å². The predicted molar refractivity (Wildman–Crippen MR) is 125 cm³/mol. The van der Waals surface area contributed by atoms with Crippen molar-refractivity contribution in [3.63, 3.8) is 0 Å². The molecule has 0 amide bonds. The number of benzene rings is 1. The number of aromatic amines is 1. The Balaban J connectivity index is 1.54. The number of nitrogens with zero attached hydrogens (tertiary/aromatic N) is 4. The lowest BCUT2D eigenvalue weighted by Gasteiger charge is -2.37. The molecule has 4 heterocycles. The summed E-state index contributed by atoms with van der Waals surface area (Å²) in [6.45, 7) is 0.443. The Morgan fingerprint density at radius 1 is 1.06 bits per heavy atom. The Bertz CT molecular complexity index is 1300. The van der Waals surface area contributed by atoms with Gasteiger partial charge in [-0.15, -0.1) is 0 Å². The average Bonchev–Trinajstić information content (AvgIpc) is 3.37. The highest BCUT2D eigenvalue weighted by Crippen LogP contribution is 2.28. The SMILES string of the molecule is N=C1c2ccn(-c3ncn[nH]3)c(=N)c2NC(=C2C=CNC=C2)N1C[C@H](N)Cc1ccccc1. The molecule has 0 saturated heterocycles. The van der Waals surface area contributed by atoms with Gasteiger partial charge in [0.05, 0.1) is 5.69 Å². The van der Waals surface area contributed by atoms with Gasteiger partial charge < -0.3 is 21.3 Å². The number of H-pyrrole nitrogens is 1. The number of rotatable bonds is 5. The minimum Gasteiger partial charge on any atom is -0.368 e. The number of allylic oxidation sites excluding steroid dienone is 3. The first-order valence-corrected chi connectivity index (χ1v) is 10.5. The summed E-state index contributed by atoms with van der Waals surface area (Å²) in [5.41, 5.74) is 9.87. The predicted octanol–water partition coefficient (Wildman–Crippen LogP) is 1.54. The van der Waals surface area contributed by atoms with E-state index in [0.717, 1.165) is 11.1 Å². The van der Waals surface area contributed by atoms with Crippen molar-refractivity contribution in [1.82, 2.24) is 30.0 Å². The quantitative estimate of drug-likeness (QED) is 0.355. The smallest absolute Gasteiger partial charge is 0.231 e. The Morgan fingerprint density at radius 3 is 2.58 bits per heavy atom. The summed E-state index contributed by atoms with van der Waals surface area (Å²) in [6.07, 6.45) is 11.3. The minimum absolute atomic E-state index is 0.169. The lowest BCUT2D eigenvalue weighted by atomic mass is 10.0. The summed E-state index contributed by atoms with van der Waals surface area (Å²) in [7, 11) is 0. The lowest BCUT2D eigenvalue weighted by Crippen LogP contribution is -2.47. The first-order chi connectivity index (χ1) is 16.1. The van der Waals surface area contributed by atoms with Crippen LogP contribution in [0.1, 0.15) is 11.1 Å². The van der Waals surface area contributed by atoms with Crippen molar-refractivity contribution in [1.29, 1.82) is 10.8 Å². The van der Waals surface area contributed by atoms with Gasteiger partial charge in [-0.3, -0.25) is 15.4 Å². The maximum absolute atomic E-state index is 9.00. The van der Waals surface area contributed by atoms with E-state index in [1.165, 1.54) is 6.33 Å². The van der Waals surface area contributed by atoms with Crippen LogP contribution in [-0.2, 0) is 6.42 Å². The molecule has 2 aliphatic rings. The molecular formula is C23H24N10. The molecule has 0 bridgehead atoms. The van der Waals surface area contributed by atoms with Gasteiger partial charge in [-0.05, 0) is 30.2 Å². The molecule has 0 radical (unpaired) electrons. The van der Waals surface area contributed by atoms with Crippen LogP contribution in [0.2, 0.25) is 0 Å². The fourth-order valence-electron chi connectivity index (χ4n) is 3.98. The Labute approximate surface area is 190 Å². The van der Waals surface area contributed by atoms with Crippen LogP contribution >= 0.6 is 0 Å². The molecule has 2 aromatic heterocycles. The first-order valence-electron chi connectivity index (χ1n) is 10.5. The van der Waals surface area contributed by atoms with Crippen LogP contribution in [0, 0.1) is 10.8 Å². The zero-order valence-electron chi connectivity index (χ0n) is 17.8. The number of nitrogens with one attached hydrogen (secondary N) is 5. The average molecular weight is 441 g/mol. The third-order valence-electron chi connectivity index (χ3n) is 5.56. The molecule has 0 fully saturated rings. The summed E-state index contributed by atoms with van der Waals surface area (Å²) in [5, 5.41) is 30.8. The molecule has 166 valence electrons. The van der Waals surface area contributed by atoms with Crippen LogP contribution in [0.3, 0.4) is 0 Å². The Hall–Kier alpha value is -4.44. The second-order valence-corrected chi connectivity index (χ2v) is 7.80. The van der Waals surface area contributed by atoms with Crippen molar-refractivity contribution in [2.24, 2.45) is 5.73 Å². The van der Waals surface area contributed by atoms with Crippen molar-refractivity contribution in [3.05, 3.63) is 101 Å². The van der Waals surface area contributed by atoms with Crippen LogP contribution in [-0.4, -0.2) is 43.1 Å². The molecule has 3 aromatic rings. The first kappa shape index (κ1) is 20.5. The van der Waals surface area contributed by atoms with E-state index in [9.17, 15) is 0 Å². The molecule has 33 heavy (non-hydrogen) atoms. The van der Waals surface area contributed by atoms with Crippen LogP contribution < -0.4 is 21.9 Å². The van der Waals surface area contributed by atoms with E-state index in [4.69, 9.17) is 16.6 Å². The van der Waals surface area contributed by atoms with Crippen LogP contribution in [0.25, 0.3) is 5.95 Å². The maximum atomic E-state index is 9.00. The summed E-state index contributed by atoms with van der Waals surface area (Å²) >= 11 is 0. The summed E-state index contributed by atoms with van der Waals surface area (Å²) in [6, 6.07) is 11.7. The second kappa shape index (κ2) is 8.60. The van der Waals surface area contributed by atoms with Gasteiger partial charge in [-0.1, -0.05) is 30.3 Å². The number of nitrogens with two attached hydrogens (primary N) is 1. The molecule has 1 aromatic carbocycles. The van der Waals surface area contributed by atoms with Crippen molar-refractivity contribution < 1.29 is 0 Å². The third kappa shape index (κ3) is 3.94. The van der Waals surface area contributed by atoms with Crippen molar-refractivity contribution in [2.75, 3.05) is 11.9 Å². The molecule has 0 saturated carbocycles. The molecule has 0 aliphatic carbocycles. The van der Waals surface area contributed by atoms with E-state index in [0.29, 0.717) is 36.0 Å². The normalized spacial score (nSPS) is 15.8. The highest BCUT2D eigenvalue weighted by molar-refractivity contribution is 6.04. The monoisotopic (exact) mass is 440 g/mol. The largest absolute Gasteiger partial charge is 0.368 e. The number of anilines is 1. The minimum atomic E-state index is -0.195. The van der Waals surface area contributed by atoms with Gasteiger partial charge >= 0.3 is 0 Å². The number of aromatic nitrogens is 4. The third-order valence-corrected chi connectivity index (χ3v) is 5.56. The molecule has 5 rings (SSSR count). The fraction of sp³-hybridized carbons (Fsp3) is 0.130. The number of amidine groups is 1.